The van der Waals surface area contributed by atoms with Crippen LogP contribution in [0.3, 0.4) is 0 Å². The minimum Gasteiger partial charge on any atom is -0.508 e. The number of aryl methyl sites for hydroxylation is 1. The lowest BCUT2D eigenvalue weighted by atomic mass is 9.95. The summed E-state index contributed by atoms with van der Waals surface area (Å²) in [5, 5.41) is 12.9. The van der Waals surface area contributed by atoms with Crippen molar-refractivity contribution < 1.29 is 9.90 Å². The van der Waals surface area contributed by atoms with Crippen molar-refractivity contribution in [3.8, 4) is 5.75 Å². The van der Waals surface area contributed by atoms with Gasteiger partial charge in [0.2, 0.25) is 5.91 Å². The number of fused-ring (bicyclic) bond motifs is 1. The lowest BCUT2D eigenvalue weighted by Crippen LogP contribution is -2.38. The molecule has 0 aliphatic carbocycles. The van der Waals surface area contributed by atoms with Gasteiger partial charge in [-0.05, 0) is 67.9 Å². The molecule has 1 fully saturated rings. The van der Waals surface area contributed by atoms with E-state index in [4.69, 9.17) is 4.99 Å². The van der Waals surface area contributed by atoms with Crippen LogP contribution in [0.2, 0.25) is 0 Å². The molecule has 3 aromatic rings. The van der Waals surface area contributed by atoms with E-state index < -0.39 is 0 Å². The number of phenolic OH excluding ortho intramolecular Hbond substituents is 1. The molecule has 2 aliphatic heterocycles. The molecule has 0 spiro atoms. The standard InChI is InChI=1S/C34H42N4O2/c1-3-32(28-11-5-4-6-12-28)33(40)35-19-8-13-29-24-38-30(22-27-14-16-31(39)17-15-27)23-36-34(38)37(29)20-18-26-10-7-9-25(2)21-26/h4-7,9-12,14-17,21,29-30,32,39H,3,8,13,18-20,22-24H2,1-2H3,(H,35,40)/t29-,30-,32?/m0/s1. The number of amides is 1. The van der Waals surface area contributed by atoms with Gasteiger partial charge >= 0.3 is 0 Å². The highest BCUT2D eigenvalue weighted by atomic mass is 16.3. The summed E-state index contributed by atoms with van der Waals surface area (Å²) in [6.07, 6.45) is 4.64. The second-order valence-electron chi connectivity index (χ2n) is 11.2. The fraction of sp³-hybridized carbons (Fsp3) is 0.412. The zero-order valence-electron chi connectivity index (χ0n) is 23.8. The summed E-state index contributed by atoms with van der Waals surface area (Å²) in [7, 11) is 0. The molecule has 3 aromatic carbocycles. The first-order chi connectivity index (χ1) is 19.5. The Labute approximate surface area is 238 Å². The maximum atomic E-state index is 13.0. The number of carbonyl (C=O) groups excluding carboxylic acids is 1. The average Bonchev–Trinajstić information content (AvgIpc) is 3.51. The summed E-state index contributed by atoms with van der Waals surface area (Å²) in [6.45, 7) is 7.61. The van der Waals surface area contributed by atoms with Gasteiger partial charge in [-0.3, -0.25) is 9.79 Å². The van der Waals surface area contributed by atoms with E-state index in [0.717, 1.165) is 63.3 Å². The lowest BCUT2D eigenvalue weighted by molar-refractivity contribution is -0.122. The first-order valence-corrected chi connectivity index (χ1v) is 14.8. The summed E-state index contributed by atoms with van der Waals surface area (Å²) in [5.74, 6) is 1.45. The van der Waals surface area contributed by atoms with Gasteiger partial charge in [0.25, 0.3) is 0 Å². The van der Waals surface area contributed by atoms with Gasteiger partial charge in [-0.1, -0.05) is 79.2 Å². The van der Waals surface area contributed by atoms with Crippen molar-refractivity contribution in [3.05, 3.63) is 101 Å². The quantitative estimate of drug-likeness (QED) is 0.307. The topological polar surface area (TPSA) is 68.2 Å². The Balaban J connectivity index is 1.21. The van der Waals surface area contributed by atoms with Crippen LogP contribution in [0.5, 0.6) is 5.75 Å². The summed E-state index contributed by atoms with van der Waals surface area (Å²) < 4.78 is 0. The van der Waals surface area contributed by atoms with E-state index in [1.807, 2.05) is 42.5 Å². The van der Waals surface area contributed by atoms with Crippen LogP contribution in [0.25, 0.3) is 0 Å². The fourth-order valence-corrected chi connectivity index (χ4v) is 6.17. The van der Waals surface area contributed by atoms with Crippen molar-refractivity contribution in [2.45, 2.75) is 64.0 Å². The van der Waals surface area contributed by atoms with Crippen molar-refractivity contribution in [2.75, 3.05) is 26.2 Å². The Morgan fingerprint density at radius 1 is 1.02 bits per heavy atom. The normalized spacial score (nSPS) is 18.9. The summed E-state index contributed by atoms with van der Waals surface area (Å²) >= 11 is 0. The largest absolute Gasteiger partial charge is 0.508 e. The van der Waals surface area contributed by atoms with Crippen LogP contribution >= 0.6 is 0 Å². The van der Waals surface area contributed by atoms with Gasteiger partial charge in [0.1, 0.15) is 5.75 Å². The molecule has 0 bridgehead atoms. The van der Waals surface area contributed by atoms with Crippen molar-refractivity contribution >= 4 is 11.9 Å². The van der Waals surface area contributed by atoms with Crippen LogP contribution < -0.4 is 5.32 Å². The Kier molecular flexibility index (Phi) is 9.04. The van der Waals surface area contributed by atoms with Crippen molar-refractivity contribution in [2.24, 2.45) is 4.99 Å². The monoisotopic (exact) mass is 538 g/mol. The molecule has 2 N–H and O–H groups in total. The Morgan fingerprint density at radius 2 is 1.82 bits per heavy atom. The Morgan fingerprint density at radius 3 is 2.58 bits per heavy atom. The van der Waals surface area contributed by atoms with Gasteiger partial charge in [-0.25, -0.2) is 0 Å². The fourth-order valence-electron chi connectivity index (χ4n) is 6.17. The molecule has 5 rings (SSSR count). The minimum atomic E-state index is -0.0982. The van der Waals surface area contributed by atoms with Crippen LogP contribution in [0.4, 0.5) is 0 Å². The molecule has 2 heterocycles. The highest BCUT2D eigenvalue weighted by molar-refractivity contribution is 5.85. The zero-order valence-corrected chi connectivity index (χ0v) is 23.8. The molecule has 0 saturated carbocycles. The van der Waals surface area contributed by atoms with Gasteiger partial charge in [-0.15, -0.1) is 0 Å². The van der Waals surface area contributed by atoms with Gasteiger partial charge in [-0.2, -0.15) is 0 Å². The van der Waals surface area contributed by atoms with Crippen LogP contribution in [0.1, 0.15) is 54.4 Å². The number of hydrogen-bond acceptors (Lipinski definition) is 5. The van der Waals surface area contributed by atoms with Crippen molar-refractivity contribution in [1.29, 1.82) is 0 Å². The molecule has 3 atom stereocenters. The first-order valence-electron chi connectivity index (χ1n) is 14.8. The Bertz CT molecular complexity index is 1290. The molecule has 6 heteroatoms. The SMILES string of the molecule is CCC(C(=O)NCCC[C@H]1CN2C(=NC[C@@H]2Cc2ccc(O)cc2)N1CCc1cccc(C)c1)c1ccccc1. The third kappa shape index (κ3) is 6.67. The van der Waals surface area contributed by atoms with Crippen LogP contribution in [0, 0.1) is 6.92 Å². The van der Waals surface area contributed by atoms with Gasteiger partial charge in [0.15, 0.2) is 5.96 Å². The number of carbonyl (C=O) groups is 1. The molecule has 2 aliphatic rings. The molecular formula is C34H42N4O2. The summed E-state index contributed by atoms with van der Waals surface area (Å²) in [4.78, 5) is 23.0. The molecule has 1 amide bonds. The molecule has 0 aromatic heterocycles. The second kappa shape index (κ2) is 13.0. The van der Waals surface area contributed by atoms with E-state index in [1.54, 1.807) is 12.1 Å². The van der Waals surface area contributed by atoms with Crippen LogP contribution in [-0.2, 0) is 17.6 Å². The van der Waals surface area contributed by atoms with Crippen molar-refractivity contribution in [3.63, 3.8) is 0 Å². The van der Waals surface area contributed by atoms with Gasteiger partial charge in [0.05, 0.1) is 18.5 Å². The zero-order chi connectivity index (χ0) is 27.9. The van der Waals surface area contributed by atoms with E-state index in [9.17, 15) is 9.90 Å². The van der Waals surface area contributed by atoms with E-state index >= 15 is 0 Å². The Hall–Kier alpha value is -3.80. The highest BCUT2D eigenvalue weighted by Crippen LogP contribution is 2.29. The van der Waals surface area contributed by atoms with Crippen molar-refractivity contribution in [1.82, 2.24) is 15.1 Å². The molecule has 1 saturated heterocycles. The highest BCUT2D eigenvalue weighted by Gasteiger charge is 2.41. The lowest BCUT2D eigenvalue weighted by Gasteiger charge is -2.25. The maximum absolute atomic E-state index is 13.0. The van der Waals surface area contributed by atoms with Crippen LogP contribution in [0.15, 0.2) is 83.9 Å². The molecule has 40 heavy (non-hydrogen) atoms. The number of nitrogens with one attached hydrogen (secondary N) is 1. The number of benzene rings is 3. The van der Waals surface area contributed by atoms with E-state index in [2.05, 4.69) is 53.2 Å². The minimum absolute atomic E-state index is 0.0982. The number of aliphatic imine (C=N–C) groups is 1. The molecule has 210 valence electrons. The number of hydrogen-bond donors (Lipinski definition) is 2. The van der Waals surface area contributed by atoms with Gasteiger partial charge in [0, 0.05) is 25.7 Å². The molecule has 1 unspecified atom stereocenters. The second-order valence-corrected chi connectivity index (χ2v) is 11.2. The number of phenols is 1. The van der Waals surface area contributed by atoms with E-state index in [-0.39, 0.29) is 11.8 Å². The van der Waals surface area contributed by atoms with E-state index in [0.29, 0.717) is 24.4 Å². The van der Waals surface area contributed by atoms with E-state index in [1.165, 1.54) is 16.7 Å². The predicted octanol–water partition coefficient (Wildman–Crippen LogP) is 5.30. The first kappa shape index (κ1) is 27.8. The van der Waals surface area contributed by atoms with Gasteiger partial charge < -0.3 is 20.2 Å². The average molecular weight is 539 g/mol. The summed E-state index contributed by atoms with van der Waals surface area (Å²) in [5.41, 5.74) is 4.95. The third-order valence-corrected chi connectivity index (χ3v) is 8.32. The molecule has 6 nitrogen and oxygen atoms in total. The predicted molar refractivity (Wildman–Crippen MR) is 162 cm³/mol. The number of nitrogens with zero attached hydrogens (tertiary/aromatic N) is 3. The number of guanidine groups is 1. The van der Waals surface area contributed by atoms with Crippen LogP contribution in [-0.4, -0.2) is 65.0 Å². The smallest absolute Gasteiger partial charge is 0.227 e. The number of aromatic hydroxyl groups is 1. The molecular weight excluding hydrogens is 496 g/mol. The summed E-state index contributed by atoms with van der Waals surface area (Å²) in [6, 6.07) is 27.1. The number of rotatable bonds is 12. The third-order valence-electron chi connectivity index (χ3n) is 8.32. The molecule has 0 radical (unpaired) electrons. The maximum Gasteiger partial charge on any atom is 0.227 e.